The molecule has 9 nitrogen and oxygen atoms in total. The number of nitrogens with one attached hydrogen (secondary N) is 1. The van der Waals surface area contributed by atoms with E-state index in [2.05, 4.69) is 37.2 Å². The fourth-order valence-corrected chi connectivity index (χ4v) is 7.69. The number of alkyl halides is 3. The molecule has 1 amide bonds. The van der Waals surface area contributed by atoms with Gasteiger partial charge in [0.1, 0.15) is 11.5 Å². The number of piperidine rings is 2. The Morgan fingerprint density at radius 3 is 2.44 bits per heavy atom. The van der Waals surface area contributed by atoms with Crippen molar-refractivity contribution < 1.29 is 23.1 Å². The minimum Gasteiger partial charge on any atom is -0.390 e. The van der Waals surface area contributed by atoms with E-state index in [1.165, 1.54) is 22.1 Å². The number of carbonyl (C=O) groups excluding carboxylic acids is 1. The normalized spacial score (nSPS) is 21.6. The van der Waals surface area contributed by atoms with E-state index in [4.69, 9.17) is 4.98 Å². The van der Waals surface area contributed by atoms with Crippen molar-refractivity contribution in [3.8, 4) is 0 Å². The van der Waals surface area contributed by atoms with Crippen molar-refractivity contribution >= 4 is 38.4 Å². The molecular weight excluding hydrogens is 603 g/mol. The van der Waals surface area contributed by atoms with Gasteiger partial charge >= 0.3 is 6.18 Å². The molecule has 2 aromatic heterocycles. The minimum atomic E-state index is -4.82. The van der Waals surface area contributed by atoms with Gasteiger partial charge in [0.15, 0.2) is 5.13 Å². The Balaban J connectivity index is 1.01. The fourth-order valence-electron chi connectivity index (χ4n) is 6.67. The second kappa shape index (κ2) is 12.2. The molecule has 2 N–H and O–H groups in total. The topological polar surface area (TPSA) is 97.7 Å². The third-order valence-corrected chi connectivity index (χ3v) is 10.2. The number of rotatable bonds is 5. The Morgan fingerprint density at radius 1 is 0.933 bits per heavy atom. The summed E-state index contributed by atoms with van der Waals surface area (Å²) in [6, 6.07) is 17.2. The molecule has 45 heavy (non-hydrogen) atoms. The summed E-state index contributed by atoms with van der Waals surface area (Å²) in [7, 11) is 0. The van der Waals surface area contributed by atoms with Crippen LogP contribution in [-0.4, -0.2) is 86.7 Å². The monoisotopic (exact) mass is 637 g/mol. The molecular formula is C32H34F3N7O2S. The number of aliphatic hydroxyl groups is 1. The third kappa shape index (κ3) is 6.34. The van der Waals surface area contributed by atoms with Crippen LogP contribution in [-0.2, 0) is 19.1 Å². The molecule has 0 aliphatic carbocycles. The Bertz CT molecular complexity index is 1660. The average Bonchev–Trinajstić information content (AvgIpc) is 3.48. The van der Waals surface area contributed by atoms with E-state index in [0.29, 0.717) is 38.9 Å². The fraction of sp³-hybridized carbons (Fsp3) is 0.438. The van der Waals surface area contributed by atoms with Crippen LogP contribution in [0.1, 0.15) is 46.7 Å². The van der Waals surface area contributed by atoms with Crippen LogP contribution in [0.15, 0.2) is 54.6 Å². The first-order valence-electron chi connectivity index (χ1n) is 15.3. The number of anilines is 2. The van der Waals surface area contributed by atoms with E-state index in [0.717, 1.165) is 34.9 Å². The number of aromatic nitrogens is 3. The number of hydrogen-bond acceptors (Lipinski definition) is 9. The standard InChI is InChI=1S/C32H34F3N7O2S/c33-32(34,35)30-37-24(29(44)42-16-12-25(26(43)19-42)41-13-9-20-5-1-2-6-21(20)18-41)17-28(39-30)36-22-10-14-40(15-11-22)31-38-23-7-3-4-8-27(23)45-31/h1-8,17,22,25-26,43H,9-16,18-19H2,(H,36,37,39)/t25-,26-/m1/s1. The molecule has 7 rings (SSSR count). The lowest BCUT2D eigenvalue weighted by Gasteiger charge is -2.43. The first-order chi connectivity index (χ1) is 21.7. The van der Waals surface area contributed by atoms with Gasteiger partial charge in [-0.25, -0.2) is 15.0 Å². The van der Waals surface area contributed by atoms with Gasteiger partial charge in [-0.05, 0) is 48.9 Å². The summed E-state index contributed by atoms with van der Waals surface area (Å²) < 4.78 is 42.7. The molecule has 5 heterocycles. The lowest BCUT2D eigenvalue weighted by molar-refractivity contribution is -0.144. The first-order valence-corrected chi connectivity index (χ1v) is 16.1. The molecule has 4 aromatic rings. The molecule has 0 bridgehead atoms. The van der Waals surface area contributed by atoms with Crippen LogP contribution >= 0.6 is 11.3 Å². The molecule has 0 spiro atoms. The molecule has 0 radical (unpaired) electrons. The molecule has 3 aliphatic heterocycles. The molecule has 2 saturated heterocycles. The van der Waals surface area contributed by atoms with E-state index >= 15 is 0 Å². The number of fused-ring (bicyclic) bond motifs is 2. The molecule has 2 atom stereocenters. The Kier molecular flexibility index (Phi) is 8.09. The highest BCUT2D eigenvalue weighted by atomic mass is 32.1. The van der Waals surface area contributed by atoms with Crippen molar-refractivity contribution in [2.75, 3.05) is 42.9 Å². The van der Waals surface area contributed by atoms with Crippen LogP contribution in [0.25, 0.3) is 10.2 Å². The highest BCUT2D eigenvalue weighted by Gasteiger charge is 2.39. The second-order valence-electron chi connectivity index (χ2n) is 12.0. The summed E-state index contributed by atoms with van der Waals surface area (Å²) in [4.78, 5) is 31.4. The number of para-hydroxylation sites is 1. The van der Waals surface area contributed by atoms with Crippen molar-refractivity contribution in [1.82, 2.24) is 24.8 Å². The number of thiazole rings is 1. The number of halogens is 3. The van der Waals surface area contributed by atoms with Crippen molar-refractivity contribution in [2.45, 2.75) is 56.6 Å². The maximum atomic E-state index is 13.8. The zero-order valence-corrected chi connectivity index (χ0v) is 25.4. The zero-order valence-electron chi connectivity index (χ0n) is 24.6. The lowest BCUT2D eigenvalue weighted by Crippen LogP contribution is -2.56. The second-order valence-corrected chi connectivity index (χ2v) is 13.0. The van der Waals surface area contributed by atoms with Crippen LogP contribution in [0, 0.1) is 0 Å². The highest BCUT2D eigenvalue weighted by Crippen LogP contribution is 2.32. The predicted molar refractivity (Wildman–Crippen MR) is 166 cm³/mol. The molecule has 0 unspecified atom stereocenters. The van der Waals surface area contributed by atoms with Crippen molar-refractivity contribution in [1.29, 1.82) is 0 Å². The molecule has 2 fully saturated rings. The summed E-state index contributed by atoms with van der Waals surface area (Å²) in [5.41, 5.74) is 3.16. The first kappa shape index (κ1) is 29.9. The Labute approximate surface area is 262 Å². The van der Waals surface area contributed by atoms with E-state index in [9.17, 15) is 23.1 Å². The summed E-state index contributed by atoms with van der Waals surface area (Å²) in [5.74, 6) is -2.02. The molecule has 236 valence electrons. The summed E-state index contributed by atoms with van der Waals surface area (Å²) in [6.07, 6.45) is -2.89. The largest absolute Gasteiger partial charge is 0.451 e. The maximum absolute atomic E-state index is 13.8. The van der Waals surface area contributed by atoms with Gasteiger partial charge in [-0.3, -0.25) is 9.69 Å². The zero-order chi connectivity index (χ0) is 31.1. The summed E-state index contributed by atoms with van der Waals surface area (Å²) >= 11 is 1.62. The van der Waals surface area contributed by atoms with Crippen LogP contribution in [0.5, 0.6) is 0 Å². The Hall–Kier alpha value is -3.81. The number of aliphatic hydroxyl groups excluding tert-OH is 1. The van der Waals surface area contributed by atoms with Gasteiger partial charge < -0.3 is 20.2 Å². The van der Waals surface area contributed by atoms with Crippen molar-refractivity contribution in [3.05, 3.63) is 77.2 Å². The van der Waals surface area contributed by atoms with Gasteiger partial charge in [0, 0.05) is 57.4 Å². The SMILES string of the molecule is O=C(c1cc(NC2CCN(c3nc4ccccc4s3)CC2)nc(C(F)(F)F)n1)N1CC[C@@H](N2CCc3ccccc3C2)[C@H](O)C1. The predicted octanol–water partition coefficient (Wildman–Crippen LogP) is 4.82. The number of β-amino-alcohol motifs (C(OH)–C–C–N with tert-alkyl or cyclic N) is 1. The van der Waals surface area contributed by atoms with Gasteiger partial charge in [0.05, 0.1) is 16.3 Å². The summed E-state index contributed by atoms with van der Waals surface area (Å²) in [5, 5.41) is 15.1. The van der Waals surface area contributed by atoms with Crippen LogP contribution in [0.2, 0.25) is 0 Å². The van der Waals surface area contributed by atoms with Gasteiger partial charge in [-0.2, -0.15) is 13.2 Å². The van der Waals surface area contributed by atoms with Crippen LogP contribution in [0.4, 0.5) is 24.1 Å². The van der Waals surface area contributed by atoms with E-state index in [1.807, 2.05) is 36.4 Å². The average molecular weight is 638 g/mol. The van der Waals surface area contributed by atoms with Crippen LogP contribution < -0.4 is 10.2 Å². The van der Waals surface area contributed by atoms with Gasteiger partial charge in [0.2, 0.25) is 5.82 Å². The molecule has 2 aromatic carbocycles. The van der Waals surface area contributed by atoms with Gasteiger partial charge in [0.25, 0.3) is 5.91 Å². The minimum absolute atomic E-state index is 0.0264. The molecule has 3 aliphatic rings. The Morgan fingerprint density at radius 2 is 1.69 bits per heavy atom. The van der Waals surface area contributed by atoms with E-state index in [-0.39, 0.29) is 30.1 Å². The summed E-state index contributed by atoms with van der Waals surface area (Å²) in [6.45, 7) is 3.26. The quantitative estimate of drug-likeness (QED) is 0.322. The van der Waals surface area contributed by atoms with Crippen LogP contribution in [0.3, 0.4) is 0 Å². The smallest absolute Gasteiger partial charge is 0.390 e. The number of carbonyl (C=O) groups is 1. The highest BCUT2D eigenvalue weighted by molar-refractivity contribution is 7.22. The third-order valence-electron chi connectivity index (χ3n) is 9.06. The number of benzene rings is 2. The van der Waals surface area contributed by atoms with E-state index in [1.54, 1.807) is 11.3 Å². The van der Waals surface area contributed by atoms with Gasteiger partial charge in [-0.1, -0.05) is 47.7 Å². The molecule has 0 saturated carbocycles. The maximum Gasteiger partial charge on any atom is 0.451 e. The van der Waals surface area contributed by atoms with Crippen molar-refractivity contribution in [3.63, 3.8) is 0 Å². The molecule has 13 heteroatoms. The van der Waals surface area contributed by atoms with E-state index < -0.39 is 24.0 Å². The lowest BCUT2D eigenvalue weighted by atomic mass is 9.94. The number of hydrogen-bond donors (Lipinski definition) is 2. The van der Waals surface area contributed by atoms with Crippen molar-refractivity contribution in [2.24, 2.45) is 0 Å². The van der Waals surface area contributed by atoms with Gasteiger partial charge in [-0.15, -0.1) is 0 Å². The number of likely N-dealkylation sites (tertiary alicyclic amines) is 1. The number of nitrogens with zero attached hydrogens (tertiary/aromatic N) is 6. The number of amides is 1.